The molecule has 0 saturated carbocycles. The molecule has 8 heteroatoms. The highest BCUT2D eigenvalue weighted by Crippen LogP contribution is 2.29. The van der Waals surface area contributed by atoms with Crippen molar-refractivity contribution in [2.45, 2.75) is 37.0 Å². The summed E-state index contributed by atoms with van der Waals surface area (Å²) in [5, 5.41) is 17.7. The molecule has 134 valence electrons. The summed E-state index contributed by atoms with van der Waals surface area (Å²) in [7, 11) is 0. The molecule has 0 aliphatic heterocycles. The van der Waals surface area contributed by atoms with Gasteiger partial charge in [-0.25, -0.2) is 4.68 Å². The number of hydrogen-bond donors (Lipinski definition) is 1. The van der Waals surface area contributed by atoms with Crippen molar-refractivity contribution in [2.75, 3.05) is 5.75 Å². The number of aromatic nitrogens is 4. The minimum Gasteiger partial charge on any atom is -0.349 e. The van der Waals surface area contributed by atoms with Gasteiger partial charge in [-0.3, -0.25) is 4.79 Å². The summed E-state index contributed by atoms with van der Waals surface area (Å²) in [6.45, 7) is 0.630. The molecule has 1 atom stereocenters. The molecule has 1 aliphatic rings. The monoisotopic (exact) mass is 385 g/mol. The first kappa shape index (κ1) is 17.2. The molecule has 3 aromatic rings. The zero-order valence-electron chi connectivity index (χ0n) is 14.2. The van der Waals surface area contributed by atoms with Crippen LogP contribution in [-0.4, -0.2) is 31.9 Å². The number of nitrogens with one attached hydrogen (secondary N) is 1. The zero-order valence-corrected chi connectivity index (χ0v) is 15.8. The molecule has 1 aliphatic carbocycles. The highest BCUT2D eigenvalue weighted by Gasteiger charge is 2.21. The van der Waals surface area contributed by atoms with Crippen LogP contribution in [0, 0.1) is 0 Å². The zero-order chi connectivity index (χ0) is 17.8. The molecule has 2 heterocycles. The van der Waals surface area contributed by atoms with Gasteiger partial charge in [0.05, 0.1) is 18.3 Å². The third-order valence-electron chi connectivity index (χ3n) is 4.42. The fourth-order valence-electron chi connectivity index (χ4n) is 3.22. The minimum absolute atomic E-state index is 0.0161. The van der Waals surface area contributed by atoms with E-state index < -0.39 is 0 Å². The van der Waals surface area contributed by atoms with E-state index in [4.69, 9.17) is 0 Å². The largest absolute Gasteiger partial charge is 0.349 e. The van der Waals surface area contributed by atoms with Gasteiger partial charge in [-0.15, -0.1) is 16.4 Å². The number of thioether (sulfide) groups is 1. The van der Waals surface area contributed by atoms with E-state index in [1.165, 1.54) is 27.8 Å². The van der Waals surface area contributed by atoms with Crippen LogP contribution in [0.5, 0.6) is 0 Å². The van der Waals surface area contributed by atoms with Crippen LogP contribution in [0.4, 0.5) is 0 Å². The van der Waals surface area contributed by atoms with Crippen LogP contribution in [0.15, 0.2) is 46.9 Å². The quantitative estimate of drug-likeness (QED) is 0.660. The van der Waals surface area contributed by atoms with Gasteiger partial charge in [0.25, 0.3) is 0 Å². The number of fused-ring (bicyclic) bond motifs is 1. The van der Waals surface area contributed by atoms with E-state index >= 15 is 0 Å². The van der Waals surface area contributed by atoms with Crippen LogP contribution in [0.25, 0.3) is 0 Å². The van der Waals surface area contributed by atoms with E-state index in [-0.39, 0.29) is 11.9 Å². The van der Waals surface area contributed by atoms with Crippen LogP contribution in [0.3, 0.4) is 0 Å². The Morgan fingerprint density at radius 2 is 2.23 bits per heavy atom. The summed E-state index contributed by atoms with van der Waals surface area (Å²) in [4.78, 5) is 13.6. The summed E-state index contributed by atoms with van der Waals surface area (Å²) in [5.41, 5.74) is 2.59. The van der Waals surface area contributed by atoms with Crippen LogP contribution >= 0.6 is 23.1 Å². The Hall–Kier alpha value is -2.19. The van der Waals surface area contributed by atoms with Crippen molar-refractivity contribution < 1.29 is 4.79 Å². The van der Waals surface area contributed by atoms with E-state index in [2.05, 4.69) is 39.0 Å². The van der Waals surface area contributed by atoms with Crippen LogP contribution in [0.1, 0.15) is 34.9 Å². The smallest absolute Gasteiger partial charge is 0.230 e. The molecular weight excluding hydrogens is 366 g/mol. The van der Waals surface area contributed by atoms with Crippen molar-refractivity contribution in [1.29, 1.82) is 0 Å². The van der Waals surface area contributed by atoms with Crippen molar-refractivity contribution in [3.05, 3.63) is 57.8 Å². The third kappa shape index (κ3) is 3.96. The van der Waals surface area contributed by atoms with Crippen LogP contribution in [-0.2, 0) is 17.8 Å². The molecule has 1 amide bonds. The number of aryl methyl sites for hydroxylation is 1. The standard InChI is InChI=1S/C18H19N5OS2/c24-17(19-16-9-3-6-13-5-1-2-8-15(13)16)12-26-18-20-21-22-23(18)11-14-7-4-10-25-14/h1-2,4-5,7-8,10,16H,3,6,9,11-12H2,(H,19,24)/t16-/m1/s1. The first-order valence-electron chi connectivity index (χ1n) is 8.58. The maximum atomic E-state index is 12.4. The molecule has 1 aromatic carbocycles. The average Bonchev–Trinajstić information content (AvgIpc) is 3.33. The molecule has 6 nitrogen and oxygen atoms in total. The van der Waals surface area contributed by atoms with Gasteiger partial charge in [0.1, 0.15) is 0 Å². The maximum Gasteiger partial charge on any atom is 0.230 e. The molecule has 0 saturated heterocycles. The van der Waals surface area contributed by atoms with Gasteiger partial charge in [0, 0.05) is 4.88 Å². The number of benzene rings is 1. The van der Waals surface area contributed by atoms with Gasteiger partial charge in [-0.05, 0) is 52.3 Å². The van der Waals surface area contributed by atoms with Crippen molar-refractivity contribution in [1.82, 2.24) is 25.5 Å². The number of thiophene rings is 1. The Labute approximate surface area is 160 Å². The number of carbonyl (C=O) groups excluding carboxylic acids is 1. The fraction of sp³-hybridized carbons (Fsp3) is 0.333. The fourth-order valence-corrected chi connectivity index (χ4v) is 4.59. The Bertz CT molecular complexity index is 877. The molecule has 0 fully saturated rings. The lowest BCUT2D eigenvalue weighted by Crippen LogP contribution is -2.32. The van der Waals surface area contributed by atoms with Gasteiger partial charge < -0.3 is 5.32 Å². The summed E-state index contributed by atoms with van der Waals surface area (Å²) in [6.07, 6.45) is 3.19. The molecule has 26 heavy (non-hydrogen) atoms. The number of tetrazole rings is 1. The molecule has 4 rings (SSSR count). The Kier molecular flexibility index (Phi) is 5.31. The molecule has 2 aromatic heterocycles. The van der Waals surface area contributed by atoms with Gasteiger partial charge in [-0.2, -0.15) is 0 Å². The van der Waals surface area contributed by atoms with Gasteiger partial charge in [-0.1, -0.05) is 42.1 Å². The first-order valence-corrected chi connectivity index (χ1v) is 10.4. The Morgan fingerprint density at radius 1 is 1.31 bits per heavy atom. The second-order valence-corrected chi connectivity index (χ2v) is 8.17. The summed E-state index contributed by atoms with van der Waals surface area (Å²) in [5.74, 6) is 0.325. The van der Waals surface area contributed by atoms with E-state index in [1.54, 1.807) is 16.0 Å². The number of carbonyl (C=O) groups is 1. The van der Waals surface area contributed by atoms with Gasteiger partial charge in [0.15, 0.2) is 0 Å². The summed E-state index contributed by atoms with van der Waals surface area (Å²) >= 11 is 3.04. The lowest BCUT2D eigenvalue weighted by atomic mass is 9.88. The highest BCUT2D eigenvalue weighted by atomic mass is 32.2. The Balaban J connectivity index is 1.35. The lowest BCUT2D eigenvalue weighted by molar-refractivity contribution is -0.119. The normalized spacial score (nSPS) is 16.2. The van der Waals surface area contributed by atoms with Crippen molar-refractivity contribution in [2.24, 2.45) is 0 Å². The molecule has 1 N–H and O–H groups in total. The summed E-state index contributed by atoms with van der Waals surface area (Å²) < 4.78 is 1.74. The van der Waals surface area contributed by atoms with Gasteiger partial charge >= 0.3 is 0 Å². The third-order valence-corrected chi connectivity index (χ3v) is 6.24. The van der Waals surface area contributed by atoms with E-state index in [1.807, 2.05) is 23.6 Å². The predicted octanol–water partition coefficient (Wildman–Crippen LogP) is 3.07. The molecule has 0 unspecified atom stereocenters. The molecular formula is C18H19N5OS2. The number of nitrogens with zero attached hydrogens (tertiary/aromatic N) is 4. The highest BCUT2D eigenvalue weighted by molar-refractivity contribution is 7.99. The molecule has 0 radical (unpaired) electrons. The first-order chi connectivity index (χ1) is 12.8. The van der Waals surface area contributed by atoms with Gasteiger partial charge in [0.2, 0.25) is 11.1 Å². The number of amides is 1. The Morgan fingerprint density at radius 3 is 3.12 bits per heavy atom. The predicted molar refractivity (Wildman–Crippen MR) is 102 cm³/mol. The number of hydrogen-bond acceptors (Lipinski definition) is 6. The minimum atomic E-state index is 0.0161. The second-order valence-electron chi connectivity index (χ2n) is 6.20. The van der Waals surface area contributed by atoms with Crippen LogP contribution in [0.2, 0.25) is 0 Å². The van der Waals surface area contributed by atoms with Crippen molar-refractivity contribution >= 4 is 29.0 Å². The van der Waals surface area contributed by atoms with E-state index in [9.17, 15) is 4.79 Å². The number of rotatable bonds is 6. The molecule has 0 bridgehead atoms. The summed E-state index contributed by atoms with van der Waals surface area (Å²) in [6, 6.07) is 12.5. The topological polar surface area (TPSA) is 72.7 Å². The van der Waals surface area contributed by atoms with Crippen LogP contribution < -0.4 is 5.32 Å². The van der Waals surface area contributed by atoms with Crippen molar-refractivity contribution in [3.63, 3.8) is 0 Å². The van der Waals surface area contributed by atoms with Crippen molar-refractivity contribution in [3.8, 4) is 0 Å². The molecule has 0 spiro atoms. The SMILES string of the molecule is O=C(CSc1nnnn1Cc1cccs1)N[C@@H]1CCCc2ccccc21. The average molecular weight is 386 g/mol. The van der Waals surface area contributed by atoms with E-state index in [0.29, 0.717) is 17.5 Å². The lowest BCUT2D eigenvalue weighted by Gasteiger charge is -2.26. The van der Waals surface area contributed by atoms with E-state index in [0.717, 1.165) is 19.3 Å². The second kappa shape index (κ2) is 8.01. The maximum absolute atomic E-state index is 12.4.